The Kier molecular flexibility index (Phi) is 6.93. The fraction of sp³-hybridized carbons (Fsp3) is 0.938. The molecule has 3 N–H and O–H groups in total. The number of carbonyl (C=O) groups is 1. The number of hydrogen-bond acceptors (Lipinski definition) is 4. The van der Waals surface area contributed by atoms with Crippen molar-refractivity contribution < 1.29 is 14.6 Å². The van der Waals surface area contributed by atoms with Crippen LogP contribution in [0.5, 0.6) is 0 Å². The van der Waals surface area contributed by atoms with Gasteiger partial charge in [0.25, 0.3) is 0 Å². The van der Waals surface area contributed by atoms with Crippen LogP contribution in [0.4, 0.5) is 0 Å². The Morgan fingerprint density at radius 3 is 2.57 bits per heavy atom. The van der Waals surface area contributed by atoms with Gasteiger partial charge in [0.2, 0.25) is 5.91 Å². The number of nitrogens with one attached hydrogen (secondary N) is 2. The Hall–Kier alpha value is -0.650. The molecular weight excluding hydrogens is 268 g/mol. The highest BCUT2D eigenvalue weighted by atomic mass is 16.5. The van der Waals surface area contributed by atoms with Crippen molar-refractivity contribution in [1.29, 1.82) is 0 Å². The molecule has 21 heavy (non-hydrogen) atoms. The van der Waals surface area contributed by atoms with E-state index in [0.29, 0.717) is 32.3 Å². The maximum atomic E-state index is 11.4. The highest BCUT2D eigenvalue weighted by molar-refractivity contribution is 5.80. The molecule has 0 aromatic carbocycles. The molecule has 1 amide bonds. The highest BCUT2D eigenvalue weighted by Gasteiger charge is 2.28. The summed E-state index contributed by atoms with van der Waals surface area (Å²) >= 11 is 0. The van der Waals surface area contributed by atoms with Gasteiger partial charge in [-0.25, -0.2) is 0 Å². The minimum Gasteiger partial charge on any atom is -0.389 e. The number of aliphatic hydroxyl groups excluding tert-OH is 1. The third-order valence-corrected chi connectivity index (χ3v) is 4.42. The van der Waals surface area contributed by atoms with E-state index in [0.717, 1.165) is 31.6 Å². The van der Waals surface area contributed by atoms with Crippen molar-refractivity contribution in [1.82, 2.24) is 10.6 Å². The summed E-state index contributed by atoms with van der Waals surface area (Å²) in [6, 6.07) is 0. The summed E-state index contributed by atoms with van der Waals surface area (Å²) in [6.07, 6.45) is 6.64. The summed E-state index contributed by atoms with van der Waals surface area (Å²) in [5.74, 6) is 1.26. The van der Waals surface area contributed by atoms with Crippen molar-refractivity contribution in [2.24, 2.45) is 11.8 Å². The lowest BCUT2D eigenvalue weighted by Crippen LogP contribution is -2.37. The molecule has 0 aromatic rings. The summed E-state index contributed by atoms with van der Waals surface area (Å²) in [5, 5.41) is 15.9. The molecule has 0 spiro atoms. The molecule has 122 valence electrons. The van der Waals surface area contributed by atoms with Crippen LogP contribution < -0.4 is 10.6 Å². The highest BCUT2D eigenvalue weighted by Crippen LogP contribution is 2.28. The van der Waals surface area contributed by atoms with E-state index in [9.17, 15) is 9.90 Å². The van der Waals surface area contributed by atoms with Crippen LogP contribution in [0.1, 0.15) is 45.4 Å². The standard InChI is InChI=1S/C16H30N2O3/c1-12-2-6-15(7-3-12)21-11-14(19)10-17-8-9-18-16(20)13-4-5-13/h12-15,17,19H,2-11H2,1H3,(H,18,20). The smallest absolute Gasteiger partial charge is 0.223 e. The van der Waals surface area contributed by atoms with Gasteiger partial charge in [0, 0.05) is 25.6 Å². The van der Waals surface area contributed by atoms with Crippen LogP contribution in [-0.2, 0) is 9.53 Å². The van der Waals surface area contributed by atoms with Crippen LogP contribution in [-0.4, -0.2) is 49.5 Å². The predicted octanol–water partition coefficient (Wildman–Crippen LogP) is 1.06. The van der Waals surface area contributed by atoms with Gasteiger partial charge >= 0.3 is 0 Å². The van der Waals surface area contributed by atoms with E-state index in [-0.39, 0.29) is 11.8 Å². The van der Waals surface area contributed by atoms with Crippen molar-refractivity contribution >= 4 is 5.91 Å². The molecule has 2 saturated carbocycles. The summed E-state index contributed by atoms with van der Waals surface area (Å²) in [5.41, 5.74) is 0. The molecule has 0 aromatic heterocycles. The third kappa shape index (κ3) is 6.76. The second-order valence-electron chi connectivity index (χ2n) is 6.64. The van der Waals surface area contributed by atoms with E-state index in [4.69, 9.17) is 4.74 Å². The zero-order valence-electron chi connectivity index (χ0n) is 13.1. The van der Waals surface area contributed by atoms with Gasteiger partial charge in [0.1, 0.15) is 0 Å². The quantitative estimate of drug-likeness (QED) is 0.557. The first-order chi connectivity index (χ1) is 10.1. The van der Waals surface area contributed by atoms with E-state index in [1.165, 1.54) is 12.8 Å². The molecule has 0 radical (unpaired) electrons. The van der Waals surface area contributed by atoms with Gasteiger partial charge in [-0.15, -0.1) is 0 Å². The largest absolute Gasteiger partial charge is 0.389 e. The average molecular weight is 298 g/mol. The van der Waals surface area contributed by atoms with E-state index in [1.807, 2.05) is 0 Å². The molecule has 2 fully saturated rings. The van der Waals surface area contributed by atoms with E-state index >= 15 is 0 Å². The Balaban J connectivity index is 1.42. The van der Waals surface area contributed by atoms with Crippen LogP contribution in [0.2, 0.25) is 0 Å². The Bertz CT molecular complexity index is 313. The molecule has 2 aliphatic rings. The van der Waals surface area contributed by atoms with Gasteiger partial charge < -0.3 is 20.5 Å². The Morgan fingerprint density at radius 1 is 1.19 bits per heavy atom. The van der Waals surface area contributed by atoms with Crippen LogP contribution in [0, 0.1) is 11.8 Å². The first-order valence-corrected chi connectivity index (χ1v) is 8.43. The van der Waals surface area contributed by atoms with Gasteiger partial charge in [0.15, 0.2) is 0 Å². The average Bonchev–Trinajstić information content (AvgIpc) is 3.31. The van der Waals surface area contributed by atoms with Crippen molar-refractivity contribution in [3.63, 3.8) is 0 Å². The number of amides is 1. The number of aliphatic hydroxyl groups is 1. The lowest BCUT2D eigenvalue weighted by Gasteiger charge is -2.27. The Morgan fingerprint density at radius 2 is 1.90 bits per heavy atom. The van der Waals surface area contributed by atoms with E-state index < -0.39 is 6.10 Å². The predicted molar refractivity (Wildman–Crippen MR) is 82.0 cm³/mol. The summed E-state index contributed by atoms with van der Waals surface area (Å²) in [6.45, 7) is 4.53. The van der Waals surface area contributed by atoms with Crippen LogP contribution in [0.25, 0.3) is 0 Å². The zero-order chi connectivity index (χ0) is 15.1. The van der Waals surface area contributed by atoms with Crippen molar-refractivity contribution in [2.75, 3.05) is 26.2 Å². The fourth-order valence-electron chi connectivity index (χ4n) is 2.73. The third-order valence-electron chi connectivity index (χ3n) is 4.42. The van der Waals surface area contributed by atoms with Crippen molar-refractivity contribution in [3.05, 3.63) is 0 Å². The van der Waals surface area contributed by atoms with Gasteiger partial charge in [-0.2, -0.15) is 0 Å². The molecular formula is C16H30N2O3. The molecule has 2 rings (SSSR count). The van der Waals surface area contributed by atoms with Gasteiger partial charge in [-0.05, 0) is 44.4 Å². The molecule has 0 heterocycles. The first-order valence-electron chi connectivity index (χ1n) is 8.43. The molecule has 0 aliphatic heterocycles. The maximum Gasteiger partial charge on any atom is 0.223 e. The molecule has 2 aliphatic carbocycles. The monoisotopic (exact) mass is 298 g/mol. The normalized spacial score (nSPS) is 27.3. The molecule has 1 unspecified atom stereocenters. The van der Waals surface area contributed by atoms with Gasteiger partial charge in [-0.3, -0.25) is 4.79 Å². The molecule has 5 heteroatoms. The van der Waals surface area contributed by atoms with Crippen molar-refractivity contribution in [3.8, 4) is 0 Å². The number of ether oxygens (including phenoxy) is 1. The second kappa shape index (κ2) is 8.71. The molecule has 1 atom stereocenters. The van der Waals surface area contributed by atoms with E-state index in [1.54, 1.807) is 0 Å². The van der Waals surface area contributed by atoms with Crippen LogP contribution in [0.3, 0.4) is 0 Å². The summed E-state index contributed by atoms with van der Waals surface area (Å²) < 4.78 is 5.77. The minimum absolute atomic E-state index is 0.173. The lowest BCUT2D eigenvalue weighted by molar-refractivity contribution is -0.122. The topological polar surface area (TPSA) is 70.6 Å². The molecule has 5 nitrogen and oxygen atoms in total. The molecule has 0 saturated heterocycles. The van der Waals surface area contributed by atoms with E-state index in [2.05, 4.69) is 17.6 Å². The second-order valence-corrected chi connectivity index (χ2v) is 6.64. The van der Waals surface area contributed by atoms with Crippen LogP contribution in [0.15, 0.2) is 0 Å². The number of hydrogen-bond donors (Lipinski definition) is 3. The Labute approximate surface area is 127 Å². The fourth-order valence-corrected chi connectivity index (χ4v) is 2.73. The SMILES string of the molecule is CC1CCC(OCC(O)CNCCNC(=O)C2CC2)CC1. The maximum absolute atomic E-state index is 11.4. The van der Waals surface area contributed by atoms with Gasteiger partial charge in [0.05, 0.1) is 18.8 Å². The number of carbonyl (C=O) groups excluding carboxylic acids is 1. The summed E-state index contributed by atoms with van der Waals surface area (Å²) in [7, 11) is 0. The lowest BCUT2D eigenvalue weighted by atomic mass is 9.89. The first kappa shape index (κ1) is 16.7. The number of rotatable bonds is 9. The van der Waals surface area contributed by atoms with Crippen LogP contribution >= 0.6 is 0 Å². The van der Waals surface area contributed by atoms with Gasteiger partial charge in [-0.1, -0.05) is 6.92 Å². The summed E-state index contributed by atoms with van der Waals surface area (Å²) in [4.78, 5) is 11.4. The minimum atomic E-state index is -0.469. The molecule has 0 bridgehead atoms. The zero-order valence-corrected chi connectivity index (χ0v) is 13.1. The van der Waals surface area contributed by atoms with Crippen molar-refractivity contribution in [2.45, 2.75) is 57.7 Å².